The van der Waals surface area contributed by atoms with Gasteiger partial charge in [-0.25, -0.2) is 9.97 Å². The molecule has 0 saturated carbocycles. The fourth-order valence-electron chi connectivity index (χ4n) is 9.10. The van der Waals surface area contributed by atoms with E-state index in [0.29, 0.717) is 5.82 Å². The summed E-state index contributed by atoms with van der Waals surface area (Å²) < 4.78 is 4.79. The van der Waals surface area contributed by atoms with Gasteiger partial charge in [-0.1, -0.05) is 146 Å². The molecule has 12 aromatic rings. The van der Waals surface area contributed by atoms with Gasteiger partial charge in [-0.2, -0.15) is 0 Å². The lowest BCUT2D eigenvalue weighted by Crippen LogP contribution is -1.97. The summed E-state index contributed by atoms with van der Waals surface area (Å²) in [5.74, 6) is 0.700. The minimum atomic E-state index is 0.700. The predicted molar refractivity (Wildman–Crippen MR) is 250 cm³/mol. The van der Waals surface area contributed by atoms with Crippen molar-refractivity contribution < 1.29 is 0 Å². The molecule has 0 N–H and O–H groups in total. The summed E-state index contributed by atoms with van der Waals surface area (Å²) in [4.78, 5) is 10.2. The van der Waals surface area contributed by atoms with Gasteiger partial charge in [-0.15, -0.1) is 0 Å². The summed E-state index contributed by atoms with van der Waals surface area (Å²) in [6.07, 6.45) is 0. The molecular formula is C56H36N4. The largest absolute Gasteiger partial charge is 0.309 e. The van der Waals surface area contributed by atoms with Crippen LogP contribution in [0, 0.1) is 0 Å². The van der Waals surface area contributed by atoms with Crippen LogP contribution in [-0.2, 0) is 0 Å². The van der Waals surface area contributed by atoms with E-state index in [1.54, 1.807) is 0 Å². The van der Waals surface area contributed by atoms with E-state index < -0.39 is 0 Å². The van der Waals surface area contributed by atoms with Gasteiger partial charge in [0.2, 0.25) is 0 Å². The highest BCUT2D eigenvalue weighted by Gasteiger charge is 2.18. The molecule has 0 amide bonds. The molecule has 0 aliphatic carbocycles. The van der Waals surface area contributed by atoms with Crippen molar-refractivity contribution in [2.24, 2.45) is 0 Å². The van der Waals surface area contributed by atoms with Gasteiger partial charge in [0.05, 0.1) is 39.1 Å². The molecule has 12 rings (SSSR count). The van der Waals surface area contributed by atoms with Crippen LogP contribution >= 0.6 is 0 Å². The Labute approximate surface area is 346 Å². The number of hydrogen-bond acceptors (Lipinski definition) is 2. The van der Waals surface area contributed by atoms with Crippen LogP contribution in [0.15, 0.2) is 218 Å². The van der Waals surface area contributed by atoms with Crippen LogP contribution in [0.5, 0.6) is 0 Å². The van der Waals surface area contributed by atoms with Crippen molar-refractivity contribution >= 4 is 54.4 Å². The molecule has 0 bridgehead atoms. The SMILES string of the molecule is c1ccc(-c2cc(-c3ccccc3)nc(-c3ccc(-n4c5ccccc5c5cc(-c6ccc7c(c6)c6ccccc6n7-c6cccc7ccccc67)ccc54)cc3)n2)cc1. The maximum atomic E-state index is 5.08. The van der Waals surface area contributed by atoms with Crippen LogP contribution in [0.25, 0.3) is 111 Å². The minimum absolute atomic E-state index is 0.700. The number of benzene rings is 9. The lowest BCUT2D eigenvalue weighted by Gasteiger charge is -2.12. The molecule has 0 aliphatic heterocycles. The Kier molecular flexibility index (Phi) is 7.82. The number of rotatable bonds is 6. The van der Waals surface area contributed by atoms with Gasteiger partial charge in [0.15, 0.2) is 5.82 Å². The molecule has 4 heteroatoms. The van der Waals surface area contributed by atoms with E-state index in [-0.39, 0.29) is 0 Å². The molecule has 60 heavy (non-hydrogen) atoms. The number of fused-ring (bicyclic) bond motifs is 7. The quantitative estimate of drug-likeness (QED) is 0.169. The zero-order chi connectivity index (χ0) is 39.6. The van der Waals surface area contributed by atoms with E-state index in [1.165, 1.54) is 65.7 Å². The first-order chi connectivity index (χ1) is 29.7. The van der Waals surface area contributed by atoms with Gasteiger partial charge in [-0.05, 0) is 89.3 Å². The van der Waals surface area contributed by atoms with E-state index in [1.807, 2.05) is 12.1 Å². The second-order valence-corrected chi connectivity index (χ2v) is 15.4. The van der Waals surface area contributed by atoms with Gasteiger partial charge in [0.1, 0.15) is 0 Å². The third-order valence-corrected chi connectivity index (χ3v) is 11.9. The number of nitrogens with zero attached hydrogens (tertiary/aromatic N) is 4. The average molecular weight is 765 g/mol. The second-order valence-electron chi connectivity index (χ2n) is 15.4. The molecule has 3 aromatic heterocycles. The lowest BCUT2D eigenvalue weighted by atomic mass is 10.0. The second kappa shape index (κ2) is 13.8. The Bertz CT molecular complexity index is 3520. The fraction of sp³-hybridized carbons (Fsp3) is 0. The van der Waals surface area contributed by atoms with Crippen LogP contribution in [0.1, 0.15) is 0 Å². The molecule has 0 aliphatic rings. The average Bonchev–Trinajstić information content (AvgIpc) is 3.84. The number of aromatic nitrogens is 4. The molecule has 0 unspecified atom stereocenters. The summed E-state index contributed by atoms with van der Waals surface area (Å²) in [6.45, 7) is 0. The Hall–Kier alpha value is -8.08. The molecule has 3 heterocycles. The lowest BCUT2D eigenvalue weighted by molar-refractivity contribution is 1.16. The van der Waals surface area contributed by atoms with Gasteiger partial charge >= 0.3 is 0 Å². The molecule has 4 nitrogen and oxygen atoms in total. The van der Waals surface area contributed by atoms with Crippen molar-refractivity contribution in [3.63, 3.8) is 0 Å². The molecular weight excluding hydrogens is 729 g/mol. The maximum absolute atomic E-state index is 5.08. The normalized spacial score (nSPS) is 11.7. The summed E-state index contributed by atoms with van der Waals surface area (Å²) in [5, 5.41) is 7.41. The maximum Gasteiger partial charge on any atom is 0.160 e. The Morgan fingerprint density at radius 3 is 1.37 bits per heavy atom. The molecule has 0 radical (unpaired) electrons. The third-order valence-electron chi connectivity index (χ3n) is 11.9. The van der Waals surface area contributed by atoms with Gasteiger partial charge in [0, 0.05) is 49.3 Å². The first kappa shape index (κ1) is 34.0. The van der Waals surface area contributed by atoms with Crippen LogP contribution in [-0.4, -0.2) is 19.1 Å². The van der Waals surface area contributed by atoms with Crippen molar-refractivity contribution in [3.8, 4) is 56.4 Å². The minimum Gasteiger partial charge on any atom is -0.309 e. The van der Waals surface area contributed by atoms with E-state index >= 15 is 0 Å². The van der Waals surface area contributed by atoms with E-state index in [9.17, 15) is 0 Å². The van der Waals surface area contributed by atoms with E-state index in [2.05, 4.69) is 215 Å². The highest BCUT2D eigenvalue weighted by Crippen LogP contribution is 2.39. The van der Waals surface area contributed by atoms with Crippen molar-refractivity contribution in [1.29, 1.82) is 0 Å². The topological polar surface area (TPSA) is 35.6 Å². The summed E-state index contributed by atoms with van der Waals surface area (Å²) in [6, 6.07) is 78.0. The summed E-state index contributed by atoms with van der Waals surface area (Å²) in [5.41, 5.74) is 14.3. The first-order valence-electron chi connectivity index (χ1n) is 20.4. The van der Waals surface area contributed by atoms with Crippen LogP contribution in [0.2, 0.25) is 0 Å². The number of hydrogen-bond donors (Lipinski definition) is 0. The fourth-order valence-corrected chi connectivity index (χ4v) is 9.10. The van der Waals surface area contributed by atoms with Gasteiger partial charge in [0.25, 0.3) is 0 Å². The Morgan fingerprint density at radius 2 is 0.750 bits per heavy atom. The number of para-hydroxylation sites is 2. The van der Waals surface area contributed by atoms with Gasteiger partial charge < -0.3 is 9.13 Å². The standard InChI is InChI=1S/C56H36N4/c1-3-15-38(16-4-1)49-36-50(39-17-5-2-6-18-39)58-56(57-49)40-26-30-43(31-27-40)59-52-23-11-9-21-45(52)47-34-41(28-32-54(47)59)42-29-33-55-48(35-42)46-22-10-12-24-53(46)60(55)51-25-13-19-37-14-7-8-20-44(37)51/h1-36H. The van der Waals surface area contributed by atoms with Crippen LogP contribution < -0.4 is 0 Å². The molecule has 0 spiro atoms. The highest BCUT2D eigenvalue weighted by molar-refractivity contribution is 6.13. The zero-order valence-corrected chi connectivity index (χ0v) is 32.6. The van der Waals surface area contributed by atoms with Crippen LogP contribution in [0.4, 0.5) is 0 Å². The first-order valence-corrected chi connectivity index (χ1v) is 20.4. The predicted octanol–water partition coefficient (Wildman–Crippen LogP) is 14.5. The Morgan fingerprint density at radius 1 is 0.283 bits per heavy atom. The van der Waals surface area contributed by atoms with Crippen molar-refractivity contribution in [2.45, 2.75) is 0 Å². The van der Waals surface area contributed by atoms with E-state index in [4.69, 9.17) is 9.97 Å². The highest BCUT2D eigenvalue weighted by atomic mass is 15.0. The van der Waals surface area contributed by atoms with Crippen molar-refractivity contribution in [3.05, 3.63) is 218 Å². The molecule has 280 valence electrons. The smallest absolute Gasteiger partial charge is 0.160 e. The Balaban J connectivity index is 0.958. The molecule has 0 saturated heterocycles. The van der Waals surface area contributed by atoms with Crippen LogP contribution in [0.3, 0.4) is 0 Å². The van der Waals surface area contributed by atoms with Crippen molar-refractivity contribution in [1.82, 2.24) is 19.1 Å². The molecule has 0 fully saturated rings. The summed E-state index contributed by atoms with van der Waals surface area (Å²) in [7, 11) is 0. The molecule has 9 aromatic carbocycles. The molecule has 0 atom stereocenters. The monoisotopic (exact) mass is 764 g/mol. The summed E-state index contributed by atoms with van der Waals surface area (Å²) >= 11 is 0. The van der Waals surface area contributed by atoms with Gasteiger partial charge in [-0.3, -0.25) is 0 Å². The zero-order valence-electron chi connectivity index (χ0n) is 32.6. The van der Waals surface area contributed by atoms with Crippen molar-refractivity contribution in [2.75, 3.05) is 0 Å². The third kappa shape index (κ3) is 5.53. The van der Waals surface area contributed by atoms with E-state index in [0.717, 1.165) is 39.3 Å².